The molecule has 0 saturated carbocycles. The van der Waals surface area contributed by atoms with Crippen LogP contribution in [0.1, 0.15) is 45.0 Å². The Balaban J connectivity index is 1.62. The number of hydrogen-bond acceptors (Lipinski definition) is 12. The average Bonchev–Trinajstić information content (AvgIpc) is 3.13. The number of ether oxygens (including phenoxy) is 3. The molecule has 0 spiro atoms. The Morgan fingerprint density at radius 2 is 1.65 bits per heavy atom. The number of benzene rings is 2. The molecule has 2 unspecified atom stereocenters. The topological polar surface area (TPSA) is 169 Å². The van der Waals surface area contributed by atoms with Crippen LogP contribution in [-0.2, 0) is 22.9 Å². The van der Waals surface area contributed by atoms with Crippen LogP contribution < -0.4 is 25.7 Å². The minimum absolute atomic E-state index is 0.00288. The monoisotopic (exact) mass is 814 g/mol. The second-order valence-electron chi connectivity index (χ2n) is 11.1. The van der Waals surface area contributed by atoms with E-state index in [0.717, 1.165) is 10.6 Å². The van der Waals surface area contributed by atoms with Crippen LogP contribution >= 0.6 is 26.9 Å². The number of hydrogen-bond donors (Lipinski definition) is 3. The van der Waals surface area contributed by atoms with Crippen molar-refractivity contribution in [3.63, 3.8) is 0 Å². The van der Waals surface area contributed by atoms with Crippen molar-refractivity contribution in [3.05, 3.63) is 99.6 Å². The molecular formula is C35H43ClF2N4O10P2. The van der Waals surface area contributed by atoms with Crippen LogP contribution in [0.5, 0.6) is 17.2 Å². The van der Waals surface area contributed by atoms with Gasteiger partial charge in [0.25, 0.3) is 5.56 Å². The molecule has 4 rings (SSSR count). The Kier molecular flexibility index (Phi) is 15.5. The number of amides is 1. The summed E-state index contributed by atoms with van der Waals surface area (Å²) >= 11 is 6.68. The van der Waals surface area contributed by atoms with Gasteiger partial charge in [-0.05, 0) is 37.3 Å². The molecule has 294 valence electrons. The number of aromatic nitrogens is 2. The third-order valence-electron chi connectivity index (χ3n) is 7.49. The first-order chi connectivity index (χ1) is 25.8. The zero-order valence-corrected chi connectivity index (χ0v) is 32.9. The van der Waals surface area contributed by atoms with Crippen molar-refractivity contribution in [2.75, 3.05) is 50.0 Å². The van der Waals surface area contributed by atoms with Gasteiger partial charge >= 0.3 is 216 Å². The van der Waals surface area contributed by atoms with Gasteiger partial charge in [-0.25, -0.2) is 4.39 Å². The molecule has 0 aliphatic rings. The van der Waals surface area contributed by atoms with Gasteiger partial charge in [0.05, 0.1) is 6.61 Å². The van der Waals surface area contributed by atoms with E-state index in [-0.39, 0.29) is 78.7 Å². The first kappa shape index (κ1) is 42.8. The van der Waals surface area contributed by atoms with Gasteiger partial charge in [-0.3, -0.25) is 14.2 Å². The quantitative estimate of drug-likeness (QED) is 0.0733. The normalized spacial score (nSPS) is 13.5. The predicted octanol–water partition coefficient (Wildman–Crippen LogP) is 8.17. The molecule has 1 amide bonds. The summed E-state index contributed by atoms with van der Waals surface area (Å²) in [6.45, 7) is 8.72. The molecule has 54 heavy (non-hydrogen) atoms. The van der Waals surface area contributed by atoms with Crippen LogP contribution in [-0.4, -0.2) is 65.3 Å². The van der Waals surface area contributed by atoms with E-state index in [1.807, 2.05) is 0 Å². The Morgan fingerprint density at radius 3 is 2.26 bits per heavy atom. The number of pyridine rings is 2. The van der Waals surface area contributed by atoms with Gasteiger partial charge in [-0.15, -0.1) is 0 Å². The summed E-state index contributed by atoms with van der Waals surface area (Å²) in [6, 6.07) is 11.4. The number of carbonyl (C=O) groups is 1. The van der Waals surface area contributed by atoms with Gasteiger partial charge in [0.2, 0.25) is 0 Å². The fourth-order valence-corrected chi connectivity index (χ4v) is 11.4. The van der Waals surface area contributed by atoms with Crippen molar-refractivity contribution in [2.45, 2.75) is 40.1 Å². The predicted molar refractivity (Wildman–Crippen MR) is 204 cm³/mol. The Hall–Kier alpha value is -3.98. The molecule has 0 bridgehead atoms. The van der Waals surface area contributed by atoms with Gasteiger partial charge in [-0.2, -0.15) is 0 Å². The van der Waals surface area contributed by atoms with E-state index in [1.165, 1.54) is 60.9 Å². The molecule has 2 atom stereocenters. The van der Waals surface area contributed by atoms with Crippen molar-refractivity contribution in [2.24, 2.45) is 0 Å². The van der Waals surface area contributed by atoms with Gasteiger partial charge in [0, 0.05) is 11.9 Å². The summed E-state index contributed by atoms with van der Waals surface area (Å²) in [7, 11) is -8.26. The van der Waals surface area contributed by atoms with Crippen molar-refractivity contribution >= 4 is 44.3 Å². The molecule has 4 aromatic rings. The summed E-state index contributed by atoms with van der Waals surface area (Å²) in [4.78, 5) is 42.7. The minimum atomic E-state index is -4.34. The molecule has 0 aliphatic heterocycles. The van der Waals surface area contributed by atoms with Crippen molar-refractivity contribution in [1.82, 2.24) is 9.55 Å². The van der Waals surface area contributed by atoms with Crippen LogP contribution in [0.3, 0.4) is 0 Å². The van der Waals surface area contributed by atoms with Crippen LogP contribution in [0.15, 0.2) is 71.8 Å². The fraction of sp³-hybridized carbons (Fsp3) is 0.343. The van der Waals surface area contributed by atoms with E-state index in [2.05, 4.69) is 15.6 Å². The third kappa shape index (κ3) is 10.2. The van der Waals surface area contributed by atoms with Crippen molar-refractivity contribution in [1.29, 1.82) is 0 Å². The number of anilines is 2. The van der Waals surface area contributed by atoms with Crippen LogP contribution in [0.25, 0.3) is 5.69 Å². The third-order valence-corrected chi connectivity index (χ3v) is 14.4. The van der Waals surface area contributed by atoms with E-state index in [0.29, 0.717) is 5.69 Å². The average molecular weight is 815 g/mol. The van der Waals surface area contributed by atoms with E-state index in [9.17, 15) is 23.4 Å². The molecule has 0 radical (unpaired) electrons. The van der Waals surface area contributed by atoms with Crippen molar-refractivity contribution < 1.29 is 50.8 Å². The standard InChI is InChI=1S/C35H43ClF2N4O10P2/c1-6-47-22-53(45,49-8-3)35(54(46,50-9-4)51-10-5)41-32-31(36)29(17-19-39-32)52-27-16-13-24(21-26(27)38)40-33(43)30-28(48-7-2)18-20-42(34(30)44)25-14-11-23(37)12-15-25/h11-21,35,46,54H,6-10,22H2,1-5H3,(H,39,41)(H,40,43). The number of halogens is 3. The number of nitrogens with zero attached hydrogens (tertiary/aromatic N) is 2. The summed E-state index contributed by atoms with van der Waals surface area (Å²) in [5.41, 5.74) is -2.28. The first-order valence-corrected chi connectivity index (χ1v) is 21.1. The maximum absolute atomic E-state index is 15.5. The zero-order chi connectivity index (χ0) is 39.5. The molecular weight excluding hydrogens is 772 g/mol. The Morgan fingerprint density at radius 1 is 0.944 bits per heavy atom. The van der Waals surface area contributed by atoms with Gasteiger partial charge in [-0.1, -0.05) is 0 Å². The van der Waals surface area contributed by atoms with Crippen molar-refractivity contribution in [3.8, 4) is 22.9 Å². The number of carbonyl (C=O) groups excluding carboxylic acids is 1. The van der Waals surface area contributed by atoms with Crippen LogP contribution in [0.4, 0.5) is 20.3 Å². The van der Waals surface area contributed by atoms with E-state index < -0.39 is 43.9 Å². The second-order valence-corrected chi connectivity index (χ2v) is 16.9. The summed E-state index contributed by atoms with van der Waals surface area (Å²) < 4.78 is 78.2. The molecule has 19 heteroatoms. The molecule has 0 fully saturated rings. The molecule has 2 aromatic carbocycles. The zero-order valence-electron chi connectivity index (χ0n) is 30.3. The van der Waals surface area contributed by atoms with Gasteiger partial charge in [0.1, 0.15) is 17.1 Å². The fourth-order valence-electron chi connectivity index (χ4n) is 5.19. The summed E-state index contributed by atoms with van der Waals surface area (Å²) in [6.07, 6.45) is 2.30. The van der Waals surface area contributed by atoms with Crippen LogP contribution in [0, 0.1) is 11.6 Å². The maximum atomic E-state index is 15.5. The van der Waals surface area contributed by atoms with Gasteiger partial charge < -0.3 is 4.74 Å². The Labute approximate surface area is 316 Å². The Bertz CT molecular complexity index is 2000. The molecule has 14 nitrogen and oxygen atoms in total. The molecule has 2 heterocycles. The molecule has 2 aromatic heterocycles. The van der Waals surface area contributed by atoms with Crippen LogP contribution in [0.2, 0.25) is 5.02 Å². The summed E-state index contributed by atoms with van der Waals surface area (Å²) in [5.74, 6) is -2.79. The second kappa shape index (κ2) is 19.6. The van der Waals surface area contributed by atoms with E-state index in [4.69, 9.17) is 39.4 Å². The molecule has 0 saturated heterocycles. The first-order valence-electron chi connectivity index (χ1n) is 17.0. The number of rotatable bonds is 20. The van der Waals surface area contributed by atoms with Gasteiger partial charge in [0.15, 0.2) is 0 Å². The SMILES string of the molecule is CCOCP(=O)(OCC)C(Nc1nccc(Oc2ccc(NC(=O)c3c(OCC)ccn(-c4ccc(F)cc4)c3=O)cc2F)c1Cl)[PH](O)(OCC)OCC. The summed E-state index contributed by atoms with van der Waals surface area (Å²) in [5, 5.41) is 5.22. The molecule has 0 aliphatic carbocycles. The van der Waals surface area contributed by atoms with E-state index in [1.54, 1.807) is 34.6 Å². The molecule has 3 N–H and O–H groups in total. The van der Waals surface area contributed by atoms with E-state index >= 15 is 4.39 Å². The number of nitrogens with one attached hydrogen (secondary N) is 2.